The van der Waals surface area contributed by atoms with Crippen molar-refractivity contribution >= 4 is 5.97 Å². The first-order valence-electron chi connectivity index (χ1n) is 9.78. The summed E-state index contributed by atoms with van der Waals surface area (Å²) >= 11 is 0. The van der Waals surface area contributed by atoms with Crippen LogP contribution in [-0.2, 0) is 30.7 Å². The maximum absolute atomic E-state index is 13.9. The largest absolute Gasteiger partial charge is 0.487 e. The quantitative estimate of drug-likeness (QED) is 0.589. The van der Waals surface area contributed by atoms with E-state index in [-0.39, 0.29) is 18.8 Å². The summed E-state index contributed by atoms with van der Waals surface area (Å²) < 4.78 is 19.7. The molecule has 0 spiro atoms. The number of aryl methyl sites for hydroxylation is 3. The van der Waals surface area contributed by atoms with Crippen LogP contribution in [0.5, 0.6) is 5.75 Å². The van der Waals surface area contributed by atoms with Crippen LogP contribution in [0.2, 0.25) is 0 Å². The molecule has 29 heavy (non-hydrogen) atoms. The summed E-state index contributed by atoms with van der Waals surface area (Å²) in [6.45, 7) is 0.240. The van der Waals surface area contributed by atoms with E-state index < -0.39 is 5.97 Å². The van der Waals surface area contributed by atoms with Gasteiger partial charge in [-0.05, 0) is 77.8 Å². The van der Waals surface area contributed by atoms with Crippen molar-refractivity contribution in [3.63, 3.8) is 0 Å². The van der Waals surface area contributed by atoms with Crippen LogP contribution in [0.25, 0.3) is 11.1 Å². The zero-order valence-electron chi connectivity index (χ0n) is 16.0. The molecular weight excluding hydrogens is 369 g/mol. The molecule has 1 aliphatic carbocycles. The first kappa shape index (κ1) is 19.1. The molecule has 1 aromatic heterocycles. The molecule has 1 aliphatic rings. The van der Waals surface area contributed by atoms with Crippen LogP contribution in [0.4, 0.5) is 4.39 Å². The smallest absolute Gasteiger partial charge is 0.303 e. The van der Waals surface area contributed by atoms with Gasteiger partial charge in [0.2, 0.25) is 0 Å². The fourth-order valence-corrected chi connectivity index (χ4v) is 3.55. The van der Waals surface area contributed by atoms with Crippen LogP contribution in [0.3, 0.4) is 0 Å². The molecule has 3 aromatic rings. The van der Waals surface area contributed by atoms with Crippen molar-refractivity contribution in [3.05, 3.63) is 82.9 Å². The van der Waals surface area contributed by atoms with Crippen molar-refractivity contribution in [2.45, 2.75) is 38.7 Å². The van der Waals surface area contributed by atoms with Crippen LogP contribution >= 0.6 is 0 Å². The molecule has 0 atom stereocenters. The van der Waals surface area contributed by atoms with Gasteiger partial charge in [-0.15, -0.1) is 0 Å². The number of rotatable bonds is 8. The Hall–Kier alpha value is -3.21. The number of carbonyl (C=O) groups is 1. The molecule has 0 fully saturated rings. The molecule has 0 radical (unpaired) electrons. The second-order valence-electron chi connectivity index (χ2n) is 7.31. The van der Waals surface area contributed by atoms with Gasteiger partial charge in [-0.3, -0.25) is 9.78 Å². The second-order valence-corrected chi connectivity index (χ2v) is 7.31. The Bertz CT molecular complexity index is 1030. The summed E-state index contributed by atoms with van der Waals surface area (Å²) in [5.41, 5.74) is 6.42. The summed E-state index contributed by atoms with van der Waals surface area (Å²) in [6, 6.07) is 14.9. The first-order chi connectivity index (χ1) is 14.1. The van der Waals surface area contributed by atoms with Crippen LogP contribution in [-0.4, -0.2) is 16.1 Å². The highest BCUT2D eigenvalue weighted by atomic mass is 19.1. The average molecular weight is 391 g/mol. The van der Waals surface area contributed by atoms with Gasteiger partial charge in [-0.25, -0.2) is 4.39 Å². The van der Waals surface area contributed by atoms with Crippen molar-refractivity contribution in [1.29, 1.82) is 0 Å². The van der Waals surface area contributed by atoms with Crippen molar-refractivity contribution in [1.82, 2.24) is 4.98 Å². The van der Waals surface area contributed by atoms with E-state index in [1.807, 2.05) is 12.1 Å². The number of aromatic nitrogens is 1. The molecular formula is C24H22FNO3. The fraction of sp³-hybridized carbons (Fsp3) is 0.250. The third-order valence-corrected chi connectivity index (χ3v) is 5.26. The zero-order chi connectivity index (χ0) is 20.2. The van der Waals surface area contributed by atoms with Crippen molar-refractivity contribution in [2.75, 3.05) is 0 Å². The third kappa shape index (κ3) is 4.62. The number of carboxylic acid groups (broad SMARTS) is 1. The minimum absolute atomic E-state index is 0.130. The van der Waals surface area contributed by atoms with Crippen molar-refractivity contribution < 1.29 is 19.0 Å². The Labute approximate surface area is 169 Å². The number of benzene rings is 2. The van der Waals surface area contributed by atoms with Crippen LogP contribution in [0.15, 0.2) is 54.7 Å². The molecule has 0 saturated carbocycles. The lowest BCUT2D eigenvalue weighted by Gasteiger charge is -2.20. The normalized spacial score (nSPS) is 12.2. The summed E-state index contributed by atoms with van der Waals surface area (Å²) in [5.74, 6) is -0.494. The van der Waals surface area contributed by atoms with Crippen LogP contribution in [0.1, 0.15) is 35.2 Å². The van der Waals surface area contributed by atoms with Gasteiger partial charge >= 0.3 is 5.97 Å². The number of hydrogen-bond donors (Lipinski definition) is 1. The Kier molecular flexibility index (Phi) is 5.56. The maximum atomic E-state index is 13.9. The predicted octanol–water partition coefficient (Wildman–Crippen LogP) is 4.97. The molecule has 2 aromatic carbocycles. The Balaban J connectivity index is 1.45. The van der Waals surface area contributed by atoms with E-state index in [1.165, 1.54) is 23.3 Å². The number of hydrogen-bond acceptors (Lipinski definition) is 3. The minimum atomic E-state index is -0.802. The lowest BCUT2D eigenvalue weighted by molar-refractivity contribution is -0.137. The average Bonchev–Trinajstić information content (AvgIpc) is 2.68. The molecule has 148 valence electrons. The monoisotopic (exact) mass is 391 g/mol. The SMILES string of the molecule is O=C(O)CCCc1ccc(OCc2cc(F)ccc2-c2ccc3c(c2)CC3)cn1. The fourth-order valence-electron chi connectivity index (χ4n) is 3.55. The van der Waals surface area contributed by atoms with E-state index in [1.54, 1.807) is 12.3 Å². The molecule has 1 heterocycles. The van der Waals surface area contributed by atoms with E-state index in [9.17, 15) is 9.18 Å². The summed E-state index contributed by atoms with van der Waals surface area (Å²) in [5, 5.41) is 8.70. The summed E-state index contributed by atoms with van der Waals surface area (Å²) in [7, 11) is 0. The molecule has 0 saturated heterocycles. The van der Waals surface area contributed by atoms with E-state index in [2.05, 4.69) is 23.2 Å². The van der Waals surface area contributed by atoms with E-state index in [0.29, 0.717) is 18.6 Å². The molecule has 0 aliphatic heterocycles. The number of fused-ring (bicyclic) bond motifs is 1. The lowest BCUT2D eigenvalue weighted by Crippen LogP contribution is -2.08. The van der Waals surface area contributed by atoms with Crippen LogP contribution < -0.4 is 4.74 Å². The van der Waals surface area contributed by atoms with Gasteiger partial charge in [0.25, 0.3) is 0 Å². The zero-order valence-corrected chi connectivity index (χ0v) is 16.0. The van der Waals surface area contributed by atoms with Crippen LogP contribution in [0, 0.1) is 5.82 Å². The van der Waals surface area contributed by atoms with Gasteiger partial charge in [0.05, 0.1) is 6.20 Å². The van der Waals surface area contributed by atoms with E-state index in [4.69, 9.17) is 9.84 Å². The van der Waals surface area contributed by atoms with Gasteiger partial charge in [0.15, 0.2) is 0 Å². The first-order valence-corrected chi connectivity index (χ1v) is 9.78. The molecule has 0 unspecified atom stereocenters. The minimum Gasteiger partial charge on any atom is -0.487 e. The van der Waals surface area contributed by atoms with Gasteiger partial charge in [-0.1, -0.05) is 24.3 Å². The number of pyridine rings is 1. The number of nitrogens with zero attached hydrogens (tertiary/aromatic N) is 1. The van der Waals surface area contributed by atoms with Gasteiger partial charge < -0.3 is 9.84 Å². The lowest BCUT2D eigenvalue weighted by atomic mass is 9.85. The number of halogens is 1. The highest BCUT2D eigenvalue weighted by Gasteiger charge is 2.15. The number of ether oxygens (including phenoxy) is 1. The van der Waals surface area contributed by atoms with Gasteiger partial charge in [0.1, 0.15) is 18.2 Å². The Morgan fingerprint density at radius 1 is 1.07 bits per heavy atom. The highest BCUT2D eigenvalue weighted by molar-refractivity contribution is 5.69. The van der Waals surface area contributed by atoms with Crippen molar-refractivity contribution in [2.24, 2.45) is 0 Å². The molecule has 0 amide bonds. The Morgan fingerprint density at radius 3 is 2.62 bits per heavy atom. The van der Waals surface area contributed by atoms with E-state index in [0.717, 1.165) is 35.2 Å². The van der Waals surface area contributed by atoms with Crippen molar-refractivity contribution in [3.8, 4) is 16.9 Å². The Morgan fingerprint density at radius 2 is 1.93 bits per heavy atom. The predicted molar refractivity (Wildman–Crippen MR) is 108 cm³/mol. The standard InChI is InChI=1S/C24H22FNO3/c25-20-8-11-23(18-7-5-16-4-6-17(16)12-18)19(13-20)15-29-22-10-9-21(26-14-22)2-1-3-24(27)28/h5,7-14H,1-4,6,15H2,(H,27,28). The maximum Gasteiger partial charge on any atom is 0.303 e. The summed E-state index contributed by atoms with van der Waals surface area (Å²) in [6.07, 6.45) is 5.15. The number of carboxylic acids is 1. The molecule has 1 N–H and O–H groups in total. The second kappa shape index (κ2) is 8.43. The molecule has 4 nitrogen and oxygen atoms in total. The molecule has 5 heteroatoms. The molecule has 4 rings (SSSR count). The van der Waals surface area contributed by atoms with E-state index >= 15 is 0 Å². The highest BCUT2D eigenvalue weighted by Crippen LogP contribution is 2.31. The van der Waals surface area contributed by atoms with Gasteiger partial charge in [-0.2, -0.15) is 0 Å². The third-order valence-electron chi connectivity index (χ3n) is 5.26. The molecule has 0 bridgehead atoms. The number of aliphatic carboxylic acids is 1. The summed E-state index contributed by atoms with van der Waals surface area (Å²) in [4.78, 5) is 14.9. The topological polar surface area (TPSA) is 59.4 Å². The van der Waals surface area contributed by atoms with Gasteiger partial charge in [0, 0.05) is 12.1 Å².